The number of ether oxygens (including phenoxy) is 1. The molecule has 0 aliphatic carbocycles. The van der Waals surface area contributed by atoms with Crippen LogP contribution in [0, 0.1) is 0 Å². The number of unbranched alkanes of at least 4 members (excludes halogenated alkanes) is 1. The van der Waals surface area contributed by atoms with E-state index in [0.717, 1.165) is 48.7 Å². The third-order valence-electron chi connectivity index (χ3n) is 2.43. The van der Waals surface area contributed by atoms with Crippen molar-refractivity contribution in [3.63, 3.8) is 0 Å². The molecule has 0 aliphatic rings. The van der Waals surface area contributed by atoms with Crippen LogP contribution in [-0.2, 0) is 4.74 Å². The van der Waals surface area contributed by atoms with Gasteiger partial charge in [-0.05, 0) is 28.8 Å². The van der Waals surface area contributed by atoms with Crippen molar-refractivity contribution in [1.29, 1.82) is 0 Å². The van der Waals surface area contributed by atoms with Crippen molar-refractivity contribution < 1.29 is 4.74 Å². The Morgan fingerprint density at radius 3 is 2.67 bits per heavy atom. The summed E-state index contributed by atoms with van der Waals surface area (Å²) in [5.41, 5.74) is 0. The molecule has 0 radical (unpaired) electrons. The van der Waals surface area contributed by atoms with Crippen LogP contribution in [-0.4, -0.2) is 36.8 Å². The summed E-state index contributed by atoms with van der Waals surface area (Å²) in [4.78, 5) is 8.29. The van der Waals surface area contributed by atoms with Gasteiger partial charge in [-0.15, -0.1) is 0 Å². The van der Waals surface area contributed by atoms with E-state index in [1.807, 2.05) is 7.05 Å². The second-order valence-corrected chi connectivity index (χ2v) is 4.67. The van der Waals surface area contributed by atoms with Crippen molar-refractivity contribution in [2.24, 2.45) is 0 Å². The maximum Gasteiger partial charge on any atom is 0.145 e. The molecule has 1 rings (SSSR count). The van der Waals surface area contributed by atoms with Gasteiger partial charge in [0.05, 0.1) is 0 Å². The number of nitrogens with one attached hydrogen (secondary N) is 2. The van der Waals surface area contributed by atoms with E-state index in [2.05, 4.69) is 43.5 Å². The van der Waals surface area contributed by atoms with E-state index in [1.54, 1.807) is 0 Å². The van der Waals surface area contributed by atoms with Crippen molar-refractivity contribution in [3.05, 3.63) is 10.8 Å². The minimum atomic E-state index is 0.784. The summed E-state index contributed by atoms with van der Waals surface area (Å²) >= 11 is 3.46. The van der Waals surface area contributed by atoms with E-state index in [0.29, 0.717) is 0 Å². The fourth-order valence-corrected chi connectivity index (χ4v) is 1.94. The molecule has 0 amide bonds. The number of halogens is 1. The smallest absolute Gasteiger partial charge is 0.145 e. The van der Waals surface area contributed by atoms with Crippen molar-refractivity contribution in [2.75, 3.05) is 37.4 Å². The predicted molar refractivity (Wildman–Crippen MR) is 78.1 cm³/mol. The highest BCUT2D eigenvalue weighted by Crippen LogP contribution is 2.25. The second-order valence-electron chi connectivity index (χ2n) is 3.88. The van der Waals surface area contributed by atoms with Gasteiger partial charge in [-0.2, -0.15) is 0 Å². The van der Waals surface area contributed by atoms with Gasteiger partial charge in [0, 0.05) is 26.8 Å². The molecule has 5 nitrogen and oxygen atoms in total. The maximum absolute atomic E-state index is 5.49. The molecule has 0 bridgehead atoms. The average molecular weight is 317 g/mol. The number of hydrogen-bond acceptors (Lipinski definition) is 5. The number of anilines is 2. The Kier molecular flexibility index (Phi) is 7.68. The Bertz CT molecular complexity index is 349. The van der Waals surface area contributed by atoms with Crippen molar-refractivity contribution in [1.82, 2.24) is 9.97 Å². The number of rotatable bonds is 9. The Morgan fingerprint density at radius 2 is 1.94 bits per heavy atom. The molecule has 0 saturated carbocycles. The van der Waals surface area contributed by atoms with Crippen LogP contribution in [0.1, 0.15) is 26.2 Å². The first kappa shape index (κ1) is 15.2. The largest absolute Gasteiger partial charge is 0.381 e. The van der Waals surface area contributed by atoms with Crippen LogP contribution >= 0.6 is 15.9 Å². The van der Waals surface area contributed by atoms with E-state index in [4.69, 9.17) is 4.74 Å². The summed E-state index contributed by atoms with van der Waals surface area (Å²) in [6.45, 7) is 4.65. The van der Waals surface area contributed by atoms with Gasteiger partial charge in [0.25, 0.3) is 0 Å². The van der Waals surface area contributed by atoms with Gasteiger partial charge in [0.15, 0.2) is 0 Å². The summed E-state index contributed by atoms with van der Waals surface area (Å²) < 4.78 is 6.35. The molecule has 1 aromatic heterocycles. The van der Waals surface area contributed by atoms with Crippen LogP contribution in [0.3, 0.4) is 0 Å². The summed E-state index contributed by atoms with van der Waals surface area (Å²) in [7, 11) is 1.83. The lowest BCUT2D eigenvalue weighted by Crippen LogP contribution is -2.09. The third kappa shape index (κ3) is 5.18. The normalized spacial score (nSPS) is 10.4. The number of nitrogens with zero attached hydrogens (tertiary/aromatic N) is 2. The van der Waals surface area contributed by atoms with E-state index in [1.165, 1.54) is 12.7 Å². The Hall–Kier alpha value is -0.880. The number of hydrogen-bond donors (Lipinski definition) is 2. The minimum Gasteiger partial charge on any atom is -0.381 e. The van der Waals surface area contributed by atoms with E-state index in [-0.39, 0.29) is 0 Å². The molecule has 0 aliphatic heterocycles. The molecule has 6 heteroatoms. The molecule has 0 unspecified atom stereocenters. The molecule has 0 aromatic carbocycles. The summed E-state index contributed by atoms with van der Waals surface area (Å²) in [6, 6.07) is 0. The molecule has 0 spiro atoms. The fraction of sp³-hybridized carbons (Fsp3) is 0.667. The SMILES string of the molecule is CCCCOCCCNc1ncnc(NC)c1Br. The topological polar surface area (TPSA) is 59.1 Å². The first-order chi connectivity index (χ1) is 8.79. The molecule has 0 saturated heterocycles. The van der Waals surface area contributed by atoms with Crippen LogP contribution in [0.5, 0.6) is 0 Å². The van der Waals surface area contributed by atoms with E-state index >= 15 is 0 Å². The molecule has 1 heterocycles. The molecule has 1 aromatic rings. The van der Waals surface area contributed by atoms with Crippen LogP contribution < -0.4 is 10.6 Å². The third-order valence-corrected chi connectivity index (χ3v) is 3.18. The Labute approximate surface area is 117 Å². The summed E-state index contributed by atoms with van der Waals surface area (Å²) in [5, 5.41) is 6.26. The highest BCUT2D eigenvalue weighted by Gasteiger charge is 2.06. The van der Waals surface area contributed by atoms with Crippen LogP contribution in [0.15, 0.2) is 10.8 Å². The lowest BCUT2D eigenvalue weighted by molar-refractivity contribution is 0.131. The zero-order valence-corrected chi connectivity index (χ0v) is 12.6. The summed E-state index contributed by atoms with van der Waals surface area (Å²) in [5.74, 6) is 1.59. The van der Waals surface area contributed by atoms with Gasteiger partial charge in [0.1, 0.15) is 22.4 Å². The van der Waals surface area contributed by atoms with Crippen molar-refractivity contribution >= 4 is 27.6 Å². The van der Waals surface area contributed by atoms with Gasteiger partial charge in [-0.25, -0.2) is 9.97 Å². The van der Waals surface area contributed by atoms with Gasteiger partial charge >= 0.3 is 0 Å². The molecule has 0 fully saturated rings. The highest BCUT2D eigenvalue weighted by atomic mass is 79.9. The van der Waals surface area contributed by atoms with Crippen LogP contribution in [0.25, 0.3) is 0 Å². The van der Waals surface area contributed by atoms with E-state index < -0.39 is 0 Å². The maximum atomic E-state index is 5.49. The van der Waals surface area contributed by atoms with Gasteiger partial charge in [-0.3, -0.25) is 0 Å². The lowest BCUT2D eigenvalue weighted by Gasteiger charge is -2.09. The zero-order valence-electron chi connectivity index (χ0n) is 11.0. The monoisotopic (exact) mass is 316 g/mol. The van der Waals surface area contributed by atoms with Crippen LogP contribution in [0.4, 0.5) is 11.6 Å². The van der Waals surface area contributed by atoms with Gasteiger partial charge in [-0.1, -0.05) is 13.3 Å². The lowest BCUT2D eigenvalue weighted by atomic mass is 10.3. The molecular weight excluding hydrogens is 296 g/mol. The first-order valence-corrected chi connectivity index (χ1v) is 7.08. The number of aromatic nitrogens is 2. The average Bonchev–Trinajstić information content (AvgIpc) is 2.39. The van der Waals surface area contributed by atoms with E-state index in [9.17, 15) is 0 Å². The molecule has 102 valence electrons. The minimum absolute atomic E-state index is 0.784. The zero-order chi connectivity index (χ0) is 13.2. The van der Waals surface area contributed by atoms with Gasteiger partial charge < -0.3 is 15.4 Å². The molecule has 0 atom stereocenters. The molecule has 2 N–H and O–H groups in total. The molecule has 18 heavy (non-hydrogen) atoms. The first-order valence-electron chi connectivity index (χ1n) is 6.29. The fourth-order valence-electron chi connectivity index (χ4n) is 1.40. The molecular formula is C12H21BrN4O. The quantitative estimate of drug-likeness (QED) is 0.686. The summed E-state index contributed by atoms with van der Waals surface area (Å²) in [6.07, 6.45) is 4.82. The van der Waals surface area contributed by atoms with Crippen LogP contribution in [0.2, 0.25) is 0 Å². The standard InChI is InChI=1S/C12H21BrN4O/c1-3-4-7-18-8-5-6-15-12-10(13)11(14-2)16-9-17-12/h9H,3-8H2,1-2H3,(H2,14,15,16,17). The Balaban J connectivity index is 2.23. The Morgan fingerprint density at radius 1 is 1.22 bits per heavy atom. The van der Waals surface area contributed by atoms with Crippen molar-refractivity contribution in [2.45, 2.75) is 26.2 Å². The van der Waals surface area contributed by atoms with Gasteiger partial charge in [0.2, 0.25) is 0 Å². The predicted octanol–water partition coefficient (Wildman–Crippen LogP) is 2.90. The highest BCUT2D eigenvalue weighted by molar-refractivity contribution is 9.10. The second kappa shape index (κ2) is 9.10. The van der Waals surface area contributed by atoms with Crippen molar-refractivity contribution in [3.8, 4) is 0 Å².